The molecule has 6 aliphatic rings. The third-order valence-corrected chi connectivity index (χ3v) is 11.7. The Morgan fingerprint density at radius 3 is 1.54 bits per heavy atom. The van der Waals surface area contributed by atoms with E-state index in [4.69, 9.17) is 0 Å². The lowest BCUT2D eigenvalue weighted by atomic mass is 9.49. The Morgan fingerprint density at radius 1 is 0.543 bits per heavy atom. The number of Topliss-reactive ketones (excluding diaryl/α,β-unsaturated/α-hetero) is 1. The normalized spacial score (nSPS) is 35.9. The fourth-order valence-electron chi connectivity index (χ4n) is 9.03. The van der Waals surface area contributed by atoms with Gasteiger partial charge >= 0.3 is 0 Å². The van der Waals surface area contributed by atoms with E-state index < -0.39 is 0 Å². The van der Waals surface area contributed by atoms with Crippen LogP contribution in [0, 0.1) is 5.41 Å². The van der Waals surface area contributed by atoms with Gasteiger partial charge in [0.25, 0.3) is 0 Å². The van der Waals surface area contributed by atoms with Gasteiger partial charge < -0.3 is 0 Å². The van der Waals surface area contributed by atoms with E-state index in [1.54, 1.807) is 16.7 Å². The van der Waals surface area contributed by atoms with Crippen LogP contribution in [0.3, 0.4) is 0 Å². The molecule has 180 valence electrons. The molecule has 1 nitrogen and oxygen atoms in total. The molecule has 6 saturated carbocycles. The van der Waals surface area contributed by atoms with Crippen molar-refractivity contribution in [2.45, 2.75) is 100 Å². The molecule has 0 amide bonds. The smallest absolute Gasteiger partial charge is 0.135 e. The summed E-state index contributed by atoms with van der Waals surface area (Å²) in [5.74, 6) is 0.439. The molecule has 0 unspecified atom stereocenters. The van der Waals surface area contributed by atoms with Crippen molar-refractivity contribution in [2.75, 3.05) is 0 Å². The summed E-state index contributed by atoms with van der Waals surface area (Å²) in [6.45, 7) is 1.83. The molecule has 35 heavy (non-hydrogen) atoms. The number of carbonyl (C=O) groups excluding carboxylic acids is 1. The molecule has 0 atom stereocenters. The lowest BCUT2D eigenvalue weighted by molar-refractivity contribution is -0.133. The molecular formula is C34H38O. The molecule has 9 rings (SSSR count). The predicted molar refractivity (Wildman–Crippen MR) is 144 cm³/mol. The third-order valence-electron chi connectivity index (χ3n) is 11.7. The largest absolute Gasteiger partial charge is 0.299 e. The molecule has 0 aliphatic heterocycles. The molecule has 6 aliphatic carbocycles. The molecule has 0 N–H and O–H groups in total. The first-order valence-electron chi connectivity index (χ1n) is 14.1. The first-order chi connectivity index (χ1) is 17.0. The number of fused-ring (bicyclic) bond motifs is 7. The van der Waals surface area contributed by atoms with Crippen molar-refractivity contribution in [3.8, 4) is 0 Å². The highest BCUT2D eigenvalue weighted by molar-refractivity contribution is 5.86. The van der Waals surface area contributed by atoms with Crippen LogP contribution >= 0.6 is 0 Å². The third kappa shape index (κ3) is 3.09. The van der Waals surface area contributed by atoms with E-state index in [0.29, 0.717) is 22.0 Å². The van der Waals surface area contributed by atoms with Gasteiger partial charge in [-0.2, -0.15) is 0 Å². The van der Waals surface area contributed by atoms with Crippen molar-refractivity contribution in [3.63, 3.8) is 0 Å². The molecular weight excluding hydrogens is 424 g/mol. The molecule has 6 fully saturated rings. The van der Waals surface area contributed by atoms with Crippen LogP contribution in [0.2, 0.25) is 0 Å². The summed E-state index contributed by atoms with van der Waals surface area (Å²) < 4.78 is 0. The van der Waals surface area contributed by atoms with E-state index in [9.17, 15) is 4.79 Å². The van der Waals surface area contributed by atoms with Crippen molar-refractivity contribution in [1.29, 1.82) is 0 Å². The highest BCUT2D eigenvalue weighted by Crippen LogP contribution is 2.61. The Labute approximate surface area is 210 Å². The highest BCUT2D eigenvalue weighted by atomic mass is 16.1. The lowest BCUT2D eigenvalue weighted by Crippen LogP contribution is -2.47. The minimum absolute atomic E-state index is 0.0153. The summed E-state index contributed by atoms with van der Waals surface area (Å²) in [4.78, 5) is 12.3. The number of hydrogen-bond donors (Lipinski definition) is 0. The topological polar surface area (TPSA) is 17.1 Å². The fourth-order valence-corrected chi connectivity index (χ4v) is 9.03. The molecule has 0 heterocycles. The zero-order valence-electron chi connectivity index (χ0n) is 21.2. The van der Waals surface area contributed by atoms with Crippen LogP contribution in [0.4, 0.5) is 0 Å². The SMILES string of the molecule is CC(=O)C12CCC(c3ccc(C45CCC(c6cccc7ccccc67)(CC4)CC5)cc3)(CC1)CC2. The number of ketones is 1. The predicted octanol–water partition coefficient (Wildman–Crippen LogP) is 8.56. The van der Waals surface area contributed by atoms with Crippen molar-refractivity contribution in [2.24, 2.45) is 5.41 Å². The van der Waals surface area contributed by atoms with Gasteiger partial charge in [-0.25, -0.2) is 0 Å². The van der Waals surface area contributed by atoms with Gasteiger partial charge in [-0.05, 0) is 128 Å². The summed E-state index contributed by atoms with van der Waals surface area (Å²) in [6.07, 6.45) is 14.8. The maximum absolute atomic E-state index is 12.3. The van der Waals surface area contributed by atoms with Gasteiger partial charge in [-0.3, -0.25) is 4.79 Å². The van der Waals surface area contributed by atoms with Gasteiger partial charge in [0.1, 0.15) is 5.78 Å². The van der Waals surface area contributed by atoms with Gasteiger partial charge in [-0.15, -0.1) is 0 Å². The minimum atomic E-state index is 0.0153. The molecule has 3 aromatic carbocycles. The summed E-state index contributed by atoms with van der Waals surface area (Å²) in [6, 6.07) is 25.9. The van der Waals surface area contributed by atoms with E-state index in [1.165, 1.54) is 68.6 Å². The average molecular weight is 463 g/mol. The van der Waals surface area contributed by atoms with Crippen LogP contribution in [-0.2, 0) is 21.0 Å². The van der Waals surface area contributed by atoms with E-state index in [1.807, 2.05) is 6.92 Å². The lowest BCUT2D eigenvalue weighted by Gasteiger charge is -2.55. The van der Waals surface area contributed by atoms with Gasteiger partial charge in [0.2, 0.25) is 0 Å². The van der Waals surface area contributed by atoms with E-state index >= 15 is 0 Å². The summed E-state index contributed by atoms with van der Waals surface area (Å²) in [5, 5.41) is 2.87. The second-order valence-corrected chi connectivity index (χ2v) is 12.8. The van der Waals surface area contributed by atoms with Crippen molar-refractivity contribution in [3.05, 3.63) is 83.4 Å². The molecule has 1 heteroatoms. The average Bonchev–Trinajstić information content (AvgIpc) is 2.95. The summed E-state index contributed by atoms with van der Waals surface area (Å²) in [5.41, 5.74) is 5.84. The van der Waals surface area contributed by atoms with Crippen LogP contribution in [0.5, 0.6) is 0 Å². The molecule has 3 aromatic rings. The monoisotopic (exact) mass is 462 g/mol. The Balaban J connectivity index is 1.12. The Hall–Kier alpha value is -2.41. The second kappa shape index (κ2) is 7.55. The first-order valence-corrected chi connectivity index (χ1v) is 14.1. The molecule has 0 saturated heterocycles. The second-order valence-electron chi connectivity index (χ2n) is 12.8. The van der Waals surface area contributed by atoms with Crippen LogP contribution in [0.1, 0.15) is 101 Å². The highest BCUT2D eigenvalue weighted by Gasteiger charge is 2.52. The zero-order chi connectivity index (χ0) is 23.7. The number of benzene rings is 3. The zero-order valence-corrected chi connectivity index (χ0v) is 21.2. The minimum Gasteiger partial charge on any atom is -0.299 e. The first kappa shape index (κ1) is 21.8. The van der Waals surface area contributed by atoms with Crippen molar-refractivity contribution in [1.82, 2.24) is 0 Å². The van der Waals surface area contributed by atoms with E-state index in [2.05, 4.69) is 66.7 Å². The number of carbonyl (C=O) groups is 1. The molecule has 0 radical (unpaired) electrons. The Kier molecular flexibility index (Phi) is 4.71. The maximum atomic E-state index is 12.3. The van der Waals surface area contributed by atoms with Crippen molar-refractivity contribution < 1.29 is 4.79 Å². The van der Waals surface area contributed by atoms with Gasteiger partial charge in [0.15, 0.2) is 0 Å². The molecule has 0 spiro atoms. The van der Waals surface area contributed by atoms with Crippen molar-refractivity contribution >= 4 is 16.6 Å². The Bertz CT molecular complexity index is 1240. The van der Waals surface area contributed by atoms with E-state index in [0.717, 1.165) is 19.3 Å². The maximum Gasteiger partial charge on any atom is 0.135 e. The van der Waals surface area contributed by atoms with Gasteiger partial charge in [-0.1, -0.05) is 66.7 Å². The fraction of sp³-hybridized carbons (Fsp3) is 0.500. The summed E-state index contributed by atoms with van der Waals surface area (Å²) >= 11 is 0. The molecule has 0 aromatic heterocycles. The van der Waals surface area contributed by atoms with Crippen LogP contribution in [-0.4, -0.2) is 5.78 Å². The number of hydrogen-bond acceptors (Lipinski definition) is 1. The Morgan fingerprint density at radius 2 is 1.00 bits per heavy atom. The van der Waals surface area contributed by atoms with Crippen LogP contribution in [0.25, 0.3) is 10.8 Å². The standard InChI is InChI=1S/C34H38O/c1-25(35)31-13-16-32(17-14-31,18-15-31)27-9-11-28(12-10-27)33-19-22-34(23-20-33,24-21-33)30-8-4-6-26-5-2-3-7-29(26)30/h2-12H,13-24H2,1H3. The van der Waals surface area contributed by atoms with Crippen LogP contribution in [0.15, 0.2) is 66.7 Å². The van der Waals surface area contributed by atoms with E-state index in [-0.39, 0.29) is 5.41 Å². The quantitative estimate of drug-likeness (QED) is 0.379. The summed E-state index contributed by atoms with van der Waals surface area (Å²) in [7, 11) is 0. The molecule has 4 bridgehead atoms. The van der Waals surface area contributed by atoms with Gasteiger partial charge in [0, 0.05) is 5.41 Å². The van der Waals surface area contributed by atoms with Gasteiger partial charge in [0.05, 0.1) is 0 Å². The van der Waals surface area contributed by atoms with Crippen LogP contribution < -0.4 is 0 Å². The number of rotatable bonds is 4.